The Hall–Kier alpha value is -2.76. The minimum absolute atomic E-state index is 0.0153. The number of nitrogens with one attached hydrogen (secondary N) is 1. The highest BCUT2D eigenvalue weighted by Crippen LogP contribution is 2.24. The molecule has 2 rings (SSSR count). The predicted octanol–water partition coefficient (Wildman–Crippen LogP) is 3.22. The molecule has 110 valence electrons. The summed E-state index contributed by atoms with van der Waals surface area (Å²) in [6, 6.07) is 12.0. The van der Waals surface area contributed by atoms with Crippen LogP contribution < -0.4 is 14.8 Å². The molecule has 2 aromatic rings. The summed E-state index contributed by atoms with van der Waals surface area (Å²) < 4.78 is 10.7. The summed E-state index contributed by atoms with van der Waals surface area (Å²) in [5.74, 6) is 1.13. The fourth-order valence-corrected chi connectivity index (χ4v) is 1.83. The van der Waals surface area contributed by atoms with Gasteiger partial charge in [0.2, 0.25) is 0 Å². The molecular formula is C15H16N2O4. The molecule has 0 saturated heterocycles. The van der Waals surface area contributed by atoms with Gasteiger partial charge in [0.1, 0.15) is 18.1 Å². The van der Waals surface area contributed by atoms with E-state index in [1.54, 1.807) is 6.07 Å². The quantitative estimate of drug-likeness (QED) is 0.652. The average molecular weight is 288 g/mol. The number of non-ortho nitro benzene ring substituents is 1. The average Bonchev–Trinajstić information content (AvgIpc) is 2.53. The molecule has 0 radical (unpaired) electrons. The van der Waals surface area contributed by atoms with Crippen molar-refractivity contribution in [2.45, 2.75) is 6.61 Å². The molecule has 0 amide bonds. The highest BCUT2D eigenvalue weighted by Gasteiger charge is 2.10. The third kappa shape index (κ3) is 3.85. The van der Waals surface area contributed by atoms with Crippen molar-refractivity contribution in [3.8, 4) is 11.5 Å². The van der Waals surface area contributed by atoms with Gasteiger partial charge in [-0.05, 0) is 35.9 Å². The fraction of sp³-hybridized carbons (Fsp3) is 0.200. The van der Waals surface area contributed by atoms with E-state index in [-0.39, 0.29) is 12.3 Å². The molecule has 0 aliphatic heterocycles. The van der Waals surface area contributed by atoms with Crippen molar-refractivity contribution >= 4 is 11.4 Å². The molecule has 0 saturated carbocycles. The van der Waals surface area contributed by atoms with Gasteiger partial charge in [-0.25, -0.2) is 0 Å². The van der Waals surface area contributed by atoms with Crippen LogP contribution in [0.4, 0.5) is 11.4 Å². The molecule has 0 fully saturated rings. The van der Waals surface area contributed by atoms with Crippen molar-refractivity contribution in [2.75, 3.05) is 19.5 Å². The molecular weight excluding hydrogens is 272 g/mol. The number of ether oxygens (including phenoxy) is 2. The first-order valence-electron chi connectivity index (χ1n) is 6.35. The summed E-state index contributed by atoms with van der Waals surface area (Å²) in [5, 5.41) is 13.9. The van der Waals surface area contributed by atoms with E-state index >= 15 is 0 Å². The van der Waals surface area contributed by atoms with E-state index in [0.29, 0.717) is 17.1 Å². The molecule has 6 nitrogen and oxygen atoms in total. The van der Waals surface area contributed by atoms with E-state index in [2.05, 4.69) is 5.32 Å². The molecule has 0 aliphatic rings. The van der Waals surface area contributed by atoms with Crippen LogP contribution in [-0.2, 0) is 6.61 Å². The lowest BCUT2D eigenvalue weighted by molar-refractivity contribution is -0.385. The van der Waals surface area contributed by atoms with Gasteiger partial charge in [0.25, 0.3) is 5.69 Å². The highest BCUT2D eigenvalue weighted by molar-refractivity contribution is 5.46. The van der Waals surface area contributed by atoms with Crippen molar-refractivity contribution < 1.29 is 14.4 Å². The maximum Gasteiger partial charge on any atom is 0.273 e. The molecule has 2 aromatic carbocycles. The molecule has 0 aromatic heterocycles. The van der Waals surface area contributed by atoms with Gasteiger partial charge in [-0.15, -0.1) is 0 Å². The first-order valence-corrected chi connectivity index (χ1v) is 6.35. The number of hydrogen-bond acceptors (Lipinski definition) is 5. The van der Waals surface area contributed by atoms with Crippen LogP contribution in [-0.4, -0.2) is 19.1 Å². The molecule has 0 spiro atoms. The van der Waals surface area contributed by atoms with Crippen LogP contribution in [0.1, 0.15) is 5.56 Å². The van der Waals surface area contributed by atoms with Gasteiger partial charge in [-0.2, -0.15) is 0 Å². The number of nitrogens with zero attached hydrogens (tertiary/aromatic N) is 1. The highest BCUT2D eigenvalue weighted by atomic mass is 16.6. The van der Waals surface area contributed by atoms with E-state index in [9.17, 15) is 10.1 Å². The van der Waals surface area contributed by atoms with E-state index < -0.39 is 4.92 Å². The molecule has 0 atom stereocenters. The van der Waals surface area contributed by atoms with E-state index in [4.69, 9.17) is 9.47 Å². The number of nitro benzene ring substituents is 1. The number of benzene rings is 2. The zero-order valence-corrected chi connectivity index (χ0v) is 11.8. The van der Waals surface area contributed by atoms with Gasteiger partial charge < -0.3 is 14.8 Å². The molecule has 0 unspecified atom stereocenters. The van der Waals surface area contributed by atoms with Gasteiger partial charge >= 0.3 is 0 Å². The summed E-state index contributed by atoms with van der Waals surface area (Å²) in [4.78, 5) is 10.4. The molecule has 0 heterocycles. The van der Waals surface area contributed by atoms with Crippen molar-refractivity contribution in [2.24, 2.45) is 0 Å². The van der Waals surface area contributed by atoms with Crippen molar-refractivity contribution in [1.82, 2.24) is 0 Å². The van der Waals surface area contributed by atoms with E-state index in [1.807, 2.05) is 31.3 Å². The summed E-state index contributed by atoms with van der Waals surface area (Å²) >= 11 is 0. The Morgan fingerprint density at radius 2 is 1.86 bits per heavy atom. The maximum atomic E-state index is 10.9. The first kappa shape index (κ1) is 14.6. The maximum absolute atomic E-state index is 10.9. The van der Waals surface area contributed by atoms with E-state index in [1.165, 1.54) is 19.2 Å². The first-order chi connectivity index (χ1) is 10.1. The van der Waals surface area contributed by atoms with Crippen LogP contribution in [0.2, 0.25) is 0 Å². The normalized spacial score (nSPS) is 10.0. The van der Waals surface area contributed by atoms with Crippen molar-refractivity contribution in [3.05, 3.63) is 58.1 Å². The summed E-state index contributed by atoms with van der Waals surface area (Å²) in [6.45, 7) is 0.233. The van der Waals surface area contributed by atoms with Gasteiger partial charge in [-0.3, -0.25) is 10.1 Å². The van der Waals surface area contributed by atoms with Gasteiger partial charge in [0, 0.05) is 18.8 Å². The number of rotatable bonds is 6. The van der Waals surface area contributed by atoms with Crippen LogP contribution >= 0.6 is 0 Å². The Balaban J connectivity index is 2.11. The van der Waals surface area contributed by atoms with Crippen LogP contribution in [0, 0.1) is 10.1 Å². The number of hydrogen-bond donors (Lipinski definition) is 1. The molecule has 21 heavy (non-hydrogen) atoms. The summed E-state index contributed by atoms with van der Waals surface area (Å²) in [5.41, 5.74) is 1.65. The molecule has 0 aliphatic carbocycles. The Morgan fingerprint density at radius 3 is 2.43 bits per heavy atom. The topological polar surface area (TPSA) is 73.6 Å². The largest absolute Gasteiger partial charge is 0.496 e. The predicted molar refractivity (Wildman–Crippen MR) is 80.0 cm³/mol. The fourth-order valence-electron chi connectivity index (χ4n) is 1.83. The molecule has 1 N–H and O–H groups in total. The van der Waals surface area contributed by atoms with Crippen LogP contribution in [0.3, 0.4) is 0 Å². The molecule has 6 heteroatoms. The van der Waals surface area contributed by atoms with Gasteiger partial charge in [0.15, 0.2) is 0 Å². The van der Waals surface area contributed by atoms with Crippen molar-refractivity contribution in [1.29, 1.82) is 0 Å². The standard InChI is InChI=1S/C15H16N2O4/c1-16-12-3-5-14(6-4-12)21-10-11-7-13(17(18)19)9-15(8-11)20-2/h3-9,16H,10H2,1-2H3. The number of anilines is 1. The lowest BCUT2D eigenvalue weighted by Crippen LogP contribution is -1.98. The smallest absolute Gasteiger partial charge is 0.273 e. The Kier molecular flexibility index (Phi) is 4.61. The second-order valence-corrected chi connectivity index (χ2v) is 4.36. The van der Waals surface area contributed by atoms with Crippen LogP contribution in [0.15, 0.2) is 42.5 Å². The Morgan fingerprint density at radius 1 is 1.14 bits per heavy atom. The zero-order valence-electron chi connectivity index (χ0n) is 11.8. The van der Waals surface area contributed by atoms with E-state index in [0.717, 1.165) is 5.69 Å². The van der Waals surface area contributed by atoms with Crippen LogP contribution in [0.25, 0.3) is 0 Å². The lowest BCUT2D eigenvalue weighted by Gasteiger charge is -2.08. The second kappa shape index (κ2) is 6.60. The van der Waals surface area contributed by atoms with Crippen LogP contribution in [0.5, 0.6) is 11.5 Å². The molecule has 0 bridgehead atoms. The lowest BCUT2D eigenvalue weighted by atomic mass is 10.2. The summed E-state index contributed by atoms with van der Waals surface area (Å²) in [7, 11) is 3.31. The van der Waals surface area contributed by atoms with Gasteiger partial charge in [0.05, 0.1) is 18.1 Å². The third-order valence-corrected chi connectivity index (χ3v) is 2.95. The third-order valence-electron chi connectivity index (χ3n) is 2.95. The van der Waals surface area contributed by atoms with Gasteiger partial charge in [-0.1, -0.05) is 0 Å². The van der Waals surface area contributed by atoms with Crippen molar-refractivity contribution in [3.63, 3.8) is 0 Å². The zero-order chi connectivity index (χ0) is 15.2. The minimum Gasteiger partial charge on any atom is -0.496 e. The minimum atomic E-state index is -0.451. The Labute approximate surface area is 122 Å². The second-order valence-electron chi connectivity index (χ2n) is 4.36. The summed E-state index contributed by atoms with van der Waals surface area (Å²) in [6.07, 6.45) is 0. The monoisotopic (exact) mass is 288 g/mol. The number of nitro groups is 1. The Bertz CT molecular complexity index is 626. The SMILES string of the molecule is CNc1ccc(OCc2cc(OC)cc([N+](=O)[O-])c2)cc1. The number of methoxy groups -OCH3 is 1.